The van der Waals surface area contributed by atoms with Crippen LogP contribution in [0, 0.1) is 0 Å². The van der Waals surface area contributed by atoms with Crippen molar-refractivity contribution in [2.75, 3.05) is 14.2 Å². The fourth-order valence-electron chi connectivity index (χ4n) is 2.36. The second-order valence-corrected chi connectivity index (χ2v) is 5.22. The van der Waals surface area contributed by atoms with Gasteiger partial charge in [0.1, 0.15) is 11.8 Å². The molecule has 0 saturated carbocycles. The van der Waals surface area contributed by atoms with Gasteiger partial charge < -0.3 is 14.6 Å². The first-order valence-corrected chi connectivity index (χ1v) is 6.95. The first-order valence-electron chi connectivity index (χ1n) is 6.95. The molecule has 0 bridgehead atoms. The Labute approximate surface area is 125 Å². The van der Waals surface area contributed by atoms with Crippen molar-refractivity contribution in [2.24, 2.45) is 0 Å². The normalized spacial score (nSPS) is 12.7. The van der Waals surface area contributed by atoms with E-state index in [-0.39, 0.29) is 6.04 Å². The maximum atomic E-state index is 10.7. The number of rotatable bonds is 6. The predicted molar refractivity (Wildman–Crippen MR) is 80.4 cm³/mol. The standard InChI is InChI=1S/C16H22N2O3/c1-11(2)18-15(14(21-4)9-17-18)16(19)13-7-5-6-12(8-13)10-20-3/h5-9,11,16,19H,10H2,1-4H3. The predicted octanol–water partition coefficient (Wildman–Crippen LogP) is 2.70. The van der Waals surface area contributed by atoms with E-state index >= 15 is 0 Å². The van der Waals surface area contributed by atoms with Crippen LogP contribution >= 0.6 is 0 Å². The summed E-state index contributed by atoms with van der Waals surface area (Å²) in [6.45, 7) is 4.55. The number of aliphatic hydroxyl groups excluding tert-OH is 1. The molecule has 0 aliphatic rings. The Morgan fingerprint density at radius 2 is 2.05 bits per heavy atom. The van der Waals surface area contributed by atoms with Gasteiger partial charge in [-0.05, 0) is 25.0 Å². The van der Waals surface area contributed by atoms with E-state index in [1.165, 1.54) is 0 Å². The molecular formula is C16H22N2O3. The summed E-state index contributed by atoms with van der Waals surface area (Å²) in [5, 5.41) is 15.0. The van der Waals surface area contributed by atoms with Crippen LogP contribution in [0.4, 0.5) is 0 Å². The Bertz CT molecular complexity index is 593. The van der Waals surface area contributed by atoms with Crippen LogP contribution in [0.3, 0.4) is 0 Å². The maximum Gasteiger partial charge on any atom is 0.163 e. The maximum absolute atomic E-state index is 10.7. The molecule has 21 heavy (non-hydrogen) atoms. The fourth-order valence-corrected chi connectivity index (χ4v) is 2.36. The number of ether oxygens (including phenoxy) is 2. The lowest BCUT2D eigenvalue weighted by Crippen LogP contribution is -2.13. The lowest BCUT2D eigenvalue weighted by molar-refractivity contribution is 0.183. The monoisotopic (exact) mass is 290 g/mol. The van der Waals surface area contributed by atoms with Crippen LogP contribution in [0.5, 0.6) is 5.75 Å². The molecule has 5 nitrogen and oxygen atoms in total. The highest BCUT2D eigenvalue weighted by Gasteiger charge is 2.23. The van der Waals surface area contributed by atoms with Gasteiger partial charge >= 0.3 is 0 Å². The first kappa shape index (κ1) is 15.5. The lowest BCUT2D eigenvalue weighted by Gasteiger charge is -2.18. The summed E-state index contributed by atoms with van der Waals surface area (Å²) in [6.07, 6.45) is 0.846. The Balaban J connectivity index is 2.41. The van der Waals surface area contributed by atoms with Crippen LogP contribution < -0.4 is 4.74 Å². The zero-order valence-corrected chi connectivity index (χ0v) is 12.9. The average molecular weight is 290 g/mol. The first-order chi connectivity index (χ1) is 10.1. The summed E-state index contributed by atoms with van der Waals surface area (Å²) in [6, 6.07) is 7.85. The van der Waals surface area contributed by atoms with E-state index in [0.29, 0.717) is 18.1 Å². The zero-order valence-electron chi connectivity index (χ0n) is 12.9. The molecule has 0 spiro atoms. The Morgan fingerprint density at radius 3 is 2.67 bits per heavy atom. The average Bonchev–Trinajstić information content (AvgIpc) is 2.91. The molecule has 2 aromatic rings. The van der Waals surface area contributed by atoms with Crippen LogP contribution in [0.25, 0.3) is 0 Å². The topological polar surface area (TPSA) is 56.5 Å². The molecule has 0 amide bonds. The lowest BCUT2D eigenvalue weighted by atomic mass is 10.0. The van der Waals surface area contributed by atoms with Crippen molar-refractivity contribution in [1.82, 2.24) is 9.78 Å². The molecule has 1 unspecified atom stereocenters. The van der Waals surface area contributed by atoms with E-state index in [0.717, 1.165) is 11.1 Å². The van der Waals surface area contributed by atoms with Gasteiger partial charge in [0.05, 0.1) is 19.9 Å². The SMILES string of the molecule is COCc1cccc(C(O)c2c(OC)cnn2C(C)C)c1. The Hall–Kier alpha value is -1.85. The van der Waals surface area contributed by atoms with Crippen molar-refractivity contribution in [3.05, 3.63) is 47.3 Å². The van der Waals surface area contributed by atoms with E-state index in [4.69, 9.17) is 9.47 Å². The van der Waals surface area contributed by atoms with Gasteiger partial charge in [0.25, 0.3) is 0 Å². The molecule has 1 heterocycles. The van der Waals surface area contributed by atoms with E-state index in [2.05, 4.69) is 5.10 Å². The molecule has 1 aromatic carbocycles. The molecule has 2 rings (SSSR count). The number of hydrogen-bond acceptors (Lipinski definition) is 4. The van der Waals surface area contributed by atoms with E-state index < -0.39 is 6.10 Å². The van der Waals surface area contributed by atoms with Crippen molar-refractivity contribution in [1.29, 1.82) is 0 Å². The van der Waals surface area contributed by atoms with Crippen molar-refractivity contribution in [3.8, 4) is 5.75 Å². The second-order valence-electron chi connectivity index (χ2n) is 5.22. The summed E-state index contributed by atoms with van der Waals surface area (Å²) < 4.78 is 12.2. The third kappa shape index (κ3) is 3.25. The molecule has 5 heteroatoms. The Morgan fingerprint density at radius 1 is 1.29 bits per heavy atom. The number of nitrogens with zero attached hydrogens (tertiary/aromatic N) is 2. The minimum absolute atomic E-state index is 0.140. The van der Waals surface area contributed by atoms with Crippen LogP contribution in [0.1, 0.15) is 42.8 Å². The fraction of sp³-hybridized carbons (Fsp3) is 0.438. The highest BCUT2D eigenvalue weighted by Crippen LogP contribution is 2.32. The smallest absolute Gasteiger partial charge is 0.163 e. The summed E-state index contributed by atoms with van der Waals surface area (Å²) in [5.74, 6) is 0.591. The van der Waals surface area contributed by atoms with Crippen LogP contribution in [0.2, 0.25) is 0 Å². The molecule has 0 aliphatic heterocycles. The summed E-state index contributed by atoms with van der Waals surface area (Å²) in [4.78, 5) is 0. The molecule has 1 aromatic heterocycles. The third-order valence-electron chi connectivity index (χ3n) is 3.34. The number of hydrogen-bond donors (Lipinski definition) is 1. The van der Waals surface area contributed by atoms with Crippen molar-refractivity contribution < 1.29 is 14.6 Å². The minimum atomic E-state index is -0.790. The third-order valence-corrected chi connectivity index (χ3v) is 3.34. The summed E-state index contributed by atoms with van der Waals surface area (Å²) >= 11 is 0. The summed E-state index contributed by atoms with van der Waals surface area (Å²) in [5.41, 5.74) is 2.48. The highest BCUT2D eigenvalue weighted by atomic mass is 16.5. The van der Waals surface area contributed by atoms with Gasteiger partial charge in [-0.3, -0.25) is 4.68 Å². The van der Waals surface area contributed by atoms with Crippen molar-refractivity contribution >= 4 is 0 Å². The largest absolute Gasteiger partial charge is 0.493 e. The van der Waals surface area contributed by atoms with Gasteiger partial charge in [-0.1, -0.05) is 24.3 Å². The van der Waals surface area contributed by atoms with Crippen LogP contribution in [-0.2, 0) is 11.3 Å². The van der Waals surface area contributed by atoms with Gasteiger partial charge in [0, 0.05) is 13.2 Å². The van der Waals surface area contributed by atoms with Gasteiger partial charge in [0.2, 0.25) is 0 Å². The van der Waals surface area contributed by atoms with Gasteiger partial charge in [-0.2, -0.15) is 5.10 Å². The molecule has 1 atom stereocenters. The van der Waals surface area contributed by atoms with Crippen molar-refractivity contribution in [2.45, 2.75) is 32.6 Å². The minimum Gasteiger partial charge on any atom is -0.493 e. The van der Waals surface area contributed by atoms with E-state index in [1.807, 2.05) is 38.1 Å². The van der Waals surface area contributed by atoms with Gasteiger partial charge in [-0.15, -0.1) is 0 Å². The number of methoxy groups -OCH3 is 2. The van der Waals surface area contributed by atoms with Crippen molar-refractivity contribution in [3.63, 3.8) is 0 Å². The van der Waals surface area contributed by atoms with Crippen LogP contribution in [-0.4, -0.2) is 29.1 Å². The quantitative estimate of drug-likeness (QED) is 0.888. The molecule has 114 valence electrons. The van der Waals surface area contributed by atoms with Gasteiger partial charge in [0.15, 0.2) is 5.75 Å². The molecule has 0 aliphatic carbocycles. The highest BCUT2D eigenvalue weighted by molar-refractivity contribution is 5.36. The summed E-state index contributed by atoms with van der Waals surface area (Å²) in [7, 11) is 3.24. The molecule has 1 N–H and O–H groups in total. The number of benzene rings is 1. The number of aliphatic hydroxyl groups is 1. The van der Waals surface area contributed by atoms with E-state index in [1.54, 1.807) is 25.1 Å². The number of aromatic nitrogens is 2. The Kier molecular flexibility index (Phi) is 4.98. The molecule has 0 saturated heterocycles. The molecule has 0 radical (unpaired) electrons. The zero-order chi connectivity index (χ0) is 15.4. The molecular weight excluding hydrogens is 268 g/mol. The van der Waals surface area contributed by atoms with Gasteiger partial charge in [-0.25, -0.2) is 0 Å². The van der Waals surface area contributed by atoms with Crippen LogP contribution in [0.15, 0.2) is 30.5 Å². The van der Waals surface area contributed by atoms with E-state index in [9.17, 15) is 5.11 Å². The second kappa shape index (κ2) is 6.74. The molecule has 0 fully saturated rings.